The molecule has 1 atom stereocenters. The molecule has 0 aliphatic rings. The van der Waals surface area contributed by atoms with Gasteiger partial charge in [-0.1, -0.05) is 311 Å². The van der Waals surface area contributed by atoms with Crippen LogP contribution in [-0.2, 0) is 28.6 Å². The summed E-state index contributed by atoms with van der Waals surface area (Å²) in [4.78, 5) is 38.0. The zero-order chi connectivity index (χ0) is 57.1. The molecule has 0 heterocycles. The lowest BCUT2D eigenvalue weighted by Crippen LogP contribution is -2.30. The van der Waals surface area contributed by atoms with Crippen molar-refractivity contribution in [3.63, 3.8) is 0 Å². The molecular formula is C73H128O6. The molecule has 6 nitrogen and oxygen atoms in total. The molecule has 0 aromatic heterocycles. The molecule has 456 valence electrons. The number of carbonyl (C=O) groups excluding carboxylic acids is 3. The molecule has 0 aromatic rings. The molecule has 79 heavy (non-hydrogen) atoms. The van der Waals surface area contributed by atoms with E-state index in [1.54, 1.807) is 0 Å². The lowest BCUT2D eigenvalue weighted by atomic mass is 10.0. The Bertz CT molecular complexity index is 1500. The highest BCUT2D eigenvalue weighted by Gasteiger charge is 2.19. The van der Waals surface area contributed by atoms with Crippen molar-refractivity contribution in [2.45, 2.75) is 348 Å². The maximum atomic E-state index is 12.9. The lowest BCUT2D eigenvalue weighted by Gasteiger charge is -2.18. The number of hydrogen-bond acceptors (Lipinski definition) is 6. The van der Waals surface area contributed by atoms with Crippen LogP contribution in [0.3, 0.4) is 0 Å². The lowest BCUT2D eigenvalue weighted by molar-refractivity contribution is -0.167. The Balaban J connectivity index is 3.99. The minimum absolute atomic E-state index is 0.0739. The van der Waals surface area contributed by atoms with Crippen LogP contribution in [0.2, 0.25) is 0 Å². The van der Waals surface area contributed by atoms with E-state index in [1.807, 2.05) is 0 Å². The molecule has 0 N–H and O–H groups in total. The first kappa shape index (κ1) is 75.6. The number of rotatable bonds is 62. The fourth-order valence-electron chi connectivity index (χ4n) is 9.80. The fraction of sp³-hybridized carbons (Fsp3) is 0.767. The second kappa shape index (κ2) is 67.1. The number of esters is 3. The Morgan fingerprint density at radius 3 is 0.772 bits per heavy atom. The van der Waals surface area contributed by atoms with Gasteiger partial charge >= 0.3 is 17.9 Å². The van der Waals surface area contributed by atoms with E-state index >= 15 is 0 Å². The van der Waals surface area contributed by atoms with Crippen molar-refractivity contribution in [1.29, 1.82) is 0 Å². The third kappa shape index (κ3) is 65.3. The highest BCUT2D eigenvalue weighted by atomic mass is 16.6. The fourth-order valence-corrected chi connectivity index (χ4v) is 9.80. The smallest absolute Gasteiger partial charge is 0.306 e. The maximum absolute atomic E-state index is 12.9. The van der Waals surface area contributed by atoms with Gasteiger partial charge in [-0.15, -0.1) is 0 Å². The van der Waals surface area contributed by atoms with Crippen LogP contribution in [0, 0.1) is 0 Å². The van der Waals surface area contributed by atoms with E-state index in [0.29, 0.717) is 19.3 Å². The summed E-state index contributed by atoms with van der Waals surface area (Å²) in [5, 5.41) is 0. The van der Waals surface area contributed by atoms with E-state index in [-0.39, 0.29) is 31.1 Å². The average molecular weight is 1100 g/mol. The van der Waals surface area contributed by atoms with Crippen LogP contribution < -0.4 is 0 Å². The Morgan fingerprint density at radius 2 is 0.494 bits per heavy atom. The Kier molecular flexibility index (Phi) is 64.2. The van der Waals surface area contributed by atoms with Crippen molar-refractivity contribution >= 4 is 17.9 Å². The summed E-state index contributed by atoms with van der Waals surface area (Å²) in [6.07, 6.45) is 89.4. The monoisotopic (exact) mass is 1100 g/mol. The Labute approximate surface area is 490 Å². The van der Waals surface area contributed by atoms with Gasteiger partial charge in [-0.05, 0) is 96.3 Å². The molecule has 0 saturated heterocycles. The number of unbranched alkanes of at least 4 members (excludes halogenated alkanes) is 37. The second-order valence-electron chi connectivity index (χ2n) is 22.7. The van der Waals surface area contributed by atoms with Crippen LogP contribution in [0.15, 0.2) is 85.1 Å². The zero-order valence-electron chi connectivity index (χ0n) is 52.4. The van der Waals surface area contributed by atoms with Crippen LogP contribution in [0.1, 0.15) is 342 Å². The van der Waals surface area contributed by atoms with E-state index in [0.717, 1.165) is 103 Å². The molecule has 0 rings (SSSR count). The predicted octanol–water partition coefficient (Wildman–Crippen LogP) is 23.4. The summed E-state index contributed by atoms with van der Waals surface area (Å²) < 4.78 is 16.8. The topological polar surface area (TPSA) is 78.9 Å². The maximum Gasteiger partial charge on any atom is 0.306 e. The summed E-state index contributed by atoms with van der Waals surface area (Å²) in [7, 11) is 0. The summed E-state index contributed by atoms with van der Waals surface area (Å²) in [5.74, 6) is -0.875. The summed E-state index contributed by atoms with van der Waals surface area (Å²) in [6.45, 7) is 6.47. The minimum Gasteiger partial charge on any atom is -0.462 e. The molecule has 0 saturated carbocycles. The van der Waals surface area contributed by atoms with E-state index in [1.165, 1.54) is 199 Å². The normalized spacial score (nSPS) is 12.6. The molecule has 0 aliphatic carbocycles. The molecule has 0 fully saturated rings. The number of carbonyl (C=O) groups is 3. The van der Waals surface area contributed by atoms with Crippen LogP contribution in [0.25, 0.3) is 0 Å². The van der Waals surface area contributed by atoms with E-state index in [9.17, 15) is 14.4 Å². The van der Waals surface area contributed by atoms with Gasteiger partial charge in [0.25, 0.3) is 0 Å². The zero-order valence-corrected chi connectivity index (χ0v) is 52.4. The van der Waals surface area contributed by atoms with Gasteiger partial charge in [-0.3, -0.25) is 14.4 Å². The Morgan fingerprint density at radius 1 is 0.266 bits per heavy atom. The molecule has 1 unspecified atom stereocenters. The van der Waals surface area contributed by atoms with Crippen molar-refractivity contribution in [2.24, 2.45) is 0 Å². The summed E-state index contributed by atoms with van der Waals surface area (Å²) in [6, 6.07) is 0. The molecule has 0 spiro atoms. The van der Waals surface area contributed by atoms with Crippen LogP contribution >= 0.6 is 0 Å². The van der Waals surface area contributed by atoms with Gasteiger partial charge in [-0.2, -0.15) is 0 Å². The highest BCUT2D eigenvalue weighted by molar-refractivity contribution is 5.71. The molecule has 0 aromatic carbocycles. The minimum atomic E-state index is -0.773. The van der Waals surface area contributed by atoms with Crippen molar-refractivity contribution in [3.05, 3.63) is 85.1 Å². The van der Waals surface area contributed by atoms with Crippen molar-refractivity contribution in [1.82, 2.24) is 0 Å². The molecule has 6 heteroatoms. The third-order valence-electron chi connectivity index (χ3n) is 14.9. The van der Waals surface area contributed by atoms with Crippen LogP contribution in [0.5, 0.6) is 0 Å². The average Bonchev–Trinajstić information content (AvgIpc) is 3.45. The molecule has 0 bridgehead atoms. The van der Waals surface area contributed by atoms with Gasteiger partial charge in [-0.25, -0.2) is 0 Å². The number of allylic oxidation sites excluding steroid dienone is 14. The van der Waals surface area contributed by atoms with E-state index < -0.39 is 6.10 Å². The van der Waals surface area contributed by atoms with Gasteiger partial charge in [0.15, 0.2) is 6.10 Å². The van der Waals surface area contributed by atoms with Gasteiger partial charge in [0.1, 0.15) is 13.2 Å². The largest absolute Gasteiger partial charge is 0.462 e. The summed E-state index contributed by atoms with van der Waals surface area (Å²) >= 11 is 0. The molecule has 0 radical (unpaired) electrons. The van der Waals surface area contributed by atoms with E-state index in [2.05, 4.69) is 106 Å². The predicted molar refractivity (Wildman–Crippen MR) is 344 cm³/mol. The third-order valence-corrected chi connectivity index (χ3v) is 14.9. The van der Waals surface area contributed by atoms with Gasteiger partial charge < -0.3 is 14.2 Å². The SMILES string of the molecule is CC/C=C\C/C=C\C/C=C\C/C=C\CCCCCCCCCCCCCCCCC(=O)OC(COC(=O)CCCCCCC)COC(=O)CCCCCCCCCCCCCCCC/C=C\C/C=C\C/C=C\CCCCCCC. The Hall–Kier alpha value is -3.41. The molecule has 0 aliphatic heterocycles. The quantitative estimate of drug-likeness (QED) is 0.0261. The van der Waals surface area contributed by atoms with Crippen molar-refractivity contribution < 1.29 is 28.6 Å². The standard InChI is InChI=1S/C73H128O6/c1-4-7-10-13-15-17-19-21-23-25-27-29-31-33-35-36-38-39-41-43-45-47-49-51-53-55-57-60-63-66-72(75)78-69-70(68-77-71(74)65-62-59-12-9-6-3)79-73(76)67-64-61-58-56-54-52-50-48-46-44-42-40-37-34-32-30-28-26-24-22-20-18-16-14-11-8-5-2/h8,11,16,18-19,21-22,24-25,27-28,30-31,33,70H,4-7,9-10,12-15,17,20,23,26,29,32,34-69H2,1-3H3/b11-8-,18-16-,21-19-,24-22-,27-25-,30-28-,33-31-. The first-order valence-corrected chi connectivity index (χ1v) is 34.1. The molecular weight excluding hydrogens is 973 g/mol. The van der Waals surface area contributed by atoms with Crippen molar-refractivity contribution in [3.8, 4) is 0 Å². The second-order valence-corrected chi connectivity index (χ2v) is 22.7. The molecule has 0 amide bonds. The van der Waals surface area contributed by atoms with Crippen LogP contribution in [0.4, 0.5) is 0 Å². The van der Waals surface area contributed by atoms with Crippen LogP contribution in [-0.4, -0.2) is 37.2 Å². The summed E-state index contributed by atoms with van der Waals surface area (Å²) in [5.41, 5.74) is 0. The van der Waals surface area contributed by atoms with Gasteiger partial charge in [0, 0.05) is 19.3 Å². The van der Waals surface area contributed by atoms with E-state index in [4.69, 9.17) is 14.2 Å². The number of ether oxygens (including phenoxy) is 3. The van der Waals surface area contributed by atoms with Crippen molar-refractivity contribution in [2.75, 3.05) is 13.2 Å². The van der Waals surface area contributed by atoms with Gasteiger partial charge in [0.05, 0.1) is 0 Å². The first-order valence-electron chi connectivity index (χ1n) is 34.1. The van der Waals surface area contributed by atoms with Gasteiger partial charge in [0.2, 0.25) is 0 Å². The first-order chi connectivity index (χ1) is 39.0. The highest BCUT2D eigenvalue weighted by Crippen LogP contribution is 2.17. The number of hydrogen-bond donors (Lipinski definition) is 0.